The normalized spacial score (nSPS) is 12.0. The highest BCUT2D eigenvalue weighted by Gasteiger charge is 2.33. The van der Waals surface area contributed by atoms with E-state index in [1.807, 2.05) is 0 Å². The third-order valence-electron chi connectivity index (χ3n) is 3.27. The summed E-state index contributed by atoms with van der Waals surface area (Å²) in [5.74, 6) is 0.419. The molecular weight excluding hydrogens is 418 g/mol. The molecule has 0 aliphatic heterocycles. The first-order valence-corrected chi connectivity index (χ1v) is 9.04. The Labute approximate surface area is 157 Å². The lowest BCUT2D eigenvalue weighted by Gasteiger charge is -2.15. The third-order valence-corrected chi connectivity index (χ3v) is 5.43. The summed E-state index contributed by atoms with van der Waals surface area (Å²) in [6.07, 6.45) is -4.73. The molecule has 0 spiro atoms. The van der Waals surface area contributed by atoms with Gasteiger partial charge in [0.2, 0.25) is 0 Å². The number of halogens is 5. The van der Waals surface area contributed by atoms with Crippen LogP contribution in [0.1, 0.15) is 5.56 Å². The zero-order chi connectivity index (χ0) is 19.7. The number of nitrogens with one attached hydrogen (secondary N) is 1. The highest BCUT2D eigenvalue weighted by Crippen LogP contribution is 2.38. The predicted molar refractivity (Wildman–Crippen MR) is 91.8 cm³/mol. The summed E-state index contributed by atoms with van der Waals surface area (Å²) in [6.45, 7) is 0. The van der Waals surface area contributed by atoms with Gasteiger partial charge in [-0.25, -0.2) is 8.42 Å². The van der Waals surface area contributed by atoms with Crippen molar-refractivity contribution in [2.75, 3.05) is 18.9 Å². The highest BCUT2D eigenvalue weighted by atomic mass is 35.5. The maximum absolute atomic E-state index is 12.9. The SMILES string of the molecule is COc1cc(Cl)c(NS(=O)(=O)c2cc(C(F)(F)F)ccc2Cl)cc1OC. The molecule has 5 nitrogen and oxygen atoms in total. The molecule has 2 aromatic carbocycles. The monoisotopic (exact) mass is 429 g/mol. The van der Waals surface area contributed by atoms with E-state index in [2.05, 4.69) is 4.72 Å². The van der Waals surface area contributed by atoms with Crippen LogP contribution in [0, 0.1) is 0 Å². The van der Waals surface area contributed by atoms with E-state index in [1.165, 1.54) is 26.4 Å². The van der Waals surface area contributed by atoms with E-state index in [1.54, 1.807) is 0 Å². The largest absolute Gasteiger partial charge is 0.493 e. The van der Waals surface area contributed by atoms with Crippen molar-refractivity contribution < 1.29 is 31.1 Å². The van der Waals surface area contributed by atoms with Crippen LogP contribution >= 0.6 is 23.2 Å². The molecule has 0 heterocycles. The van der Waals surface area contributed by atoms with Crippen LogP contribution in [0.15, 0.2) is 35.2 Å². The van der Waals surface area contributed by atoms with Gasteiger partial charge in [-0.2, -0.15) is 13.2 Å². The molecule has 0 atom stereocenters. The van der Waals surface area contributed by atoms with Gasteiger partial charge in [-0.15, -0.1) is 0 Å². The van der Waals surface area contributed by atoms with Gasteiger partial charge in [0.15, 0.2) is 11.5 Å². The van der Waals surface area contributed by atoms with Crippen molar-refractivity contribution >= 4 is 38.9 Å². The minimum Gasteiger partial charge on any atom is -0.493 e. The zero-order valence-electron chi connectivity index (χ0n) is 13.3. The predicted octanol–water partition coefficient (Wildman–Crippen LogP) is 4.83. The van der Waals surface area contributed by atoms with Gasteiger partial charge in [-0.1, -0.05) is 23.2 Å². The van der Waals surface area contributed by atoms with Crippen molar-refractivity contribution in [3.05, 3.63) is 45.9 Å². The summed E-state index contributed by atoms with van der Waals surface area (Å²) in [5.41, 5.74) is -1.27. The number of hydrogen-bond acceptors (Lipinski definition) is 4. The van der Waals surface area contributed by atoms with Crippen LogP contribution in [-0.4, -0.2) is 22.6 Å². The molecule has 26 heavy (non-hydrogen) atoms. The molecule has 0 aliphatic rings. The van der Waals surface area contributed by atoms with Gasteiger partial charge >= 0.3 is 6.18 Å². The first-order chi connectivity index (χ1) is 12.0. The Morgan fingerprint density at radius 3 is 2.08 bits per heavy atom. The van der Waals surface area contributed by atoms with E-state index < -0.39 is 26.7 Å². The van der Waals surface area contributed by atoms with Gasteiger partial charge in [-0.05, 0) is 18.2 Å². The van der Waals surface area contributed by atoms with Crippen molar-refractivity contribution in [3.63, 3.8) is 0 Å². The maximum Gasteiger partial charge on any atom is 0.416 e. The second-order valence-electron chi connectivity index (χ2n) is 4.94. The second kappa shape index (κ2) is 7.42. The van der Waals surface area contributed by atoms with Gasteiger partial charge in [0.05, 0.1) is 35.5 Å². The molecule has 0 saturated heterocycles. The van der Waals surface area contributed by atoms with Gasteiger partial charge in [-0.3, -0.25) is 4.72 Å². The summed E-state index contributed by atoms with van der Waals surface area (Å²) in [5, 5.41) is -0.420. The van der Waals surface area contributed by atoms with Crippen molar-refractivity contribution in [1.29, 1.82) is 0 Å². The fourth-order valence-corrected chi connectivity index (χ4v) is 3.87. The number of alkyl halides is 3. The number of sulfonamides is 1. The summed E-state index contributed by atoms with van der Waals surface area (Å²) >= 11 is 11.8. The molecule has 0 bridgehead atoms. The summed E-state index contributed by atoms with van der Waals surface area (Å²) in [7, 11) is -1.77. The summed E-state index contributed by atoms with van der Waals surface area (Å²) in [6, 6.07) is 4.52. The zero-order valence-corrected chi connectivity index (χ0v) is 15.6. The maximum atomic E-state index is 12.9. The quantitative estimate of drug-likeness (QED) is 0.738. The molecule has 0 aliphatic carbocycles. The first kappa shape index (κ1) is 20.5. The number of methoxy groups -OCH3 is 2. The molecule has 0 aromatic heterocycles. The minimum absolute atomic E-state index is 0.0469. The van der Waals surface area contributed by atoms with Crippen LogP contribution in [0.4, 0.5) is 18.9 Å². The highest BCUT2D eigenvalue weighted by molar-refractivity contribution is 7.92. The van der Waals surface area contributed by atoms with Crippen molar-refractivity contribution in [2.45, 2.75) is 11.1 Å². The summed E-state index contributed by atoms with van der Waals surface area (Å²) in [4.78, 5) is -0.736. The van der Waals surface area contributed by atoms with Crippen molar-refractivity contribution in [3.8, 4) is 11.5 Å². The number of ether oxygens (including phenoxy) is 2. The summed E-state index contributed by atoms with van der Waals surface area (Å²) < 4.78 is 75.8. The van der Waals surface area contributed by atoms with Crippen LogP contribution in [-0.2, 0) is 16.2 Å². The van der Waals surface area contributed by atoms with Crippen LogP contribution in [0.25, 0.3) is 0 Å². The molecule has 2 rings (SSSR count). The fourth-order valence-electron chi connectivity index (χ4n) is 2.02. The minimum atomic E-state index is -4.73. The Bertz CT molecular complexity index is 933. The Balaban J connectivity index is 2.50. The third kappa shape index (κ3) is 4.28. The average Bonchev–Trinajstić information content (AvgIpc) is 2.55. The van der Waals surface area contributed by atoms with Crippen molar-refractivity contribution in [2.24, 2.45) is 0 Å². The van der Waals surface area contributed by atoms with Crippen LogP contribution < -0.4 is 14.2 Å². The molecule has 1 N–H and O–H groups in total. The lowest BCUT2D eigenvalue weighted by atomic mass is 10.2. The Kier molecular flexibility index (Phi) is 5.84. The average molecular weight is 430 g/mol. The molecule has 2 aromatic rings. The molecular formula is C15H12Cl2F3NO4S. The van der Waals surface area contributed by atoms with E-state index >= 15 is 0 Å². The van der Waals surface area contributed by atoms with E-state index in [0.717, 1.165) is 6.07 Å². The van der Waals surface area contributed by atoms with Crippen LogP contribution in [0.5, 0.6) is 11.5 Å². The Morgan fingerprint density at radius 2 is 1.54 bits per heavy atom. The van der Waals surface area contributed by atoms with Crippen molar-refractivity contribution in [1.82, 2.24) is 0 Å². The number of anilines is 1. The lowest BCUT2D eigenvalue weighted by Crippen LogP contribution is -2.15. The molecule has 11 heteroatoms. The van der Waals surface area contributed by atoms with Gasteiger partial charge in [0.25, 0.3) is 10.0 Å². The van der Waals surface area contributed by atoms with E-state index in [4.69, 9.17) is 32.7 Å². The van der Waals surface area contributed by atoms with Crippen LogP contribution in [0.3, 0.4) is 0 Å². The molecule has 0 unspecified atom stereocenters. The molecule has 0 fully saturated rings. The number of benzene rings is 2. The first-order valence-electron chi connectivity index (χ1n) is 6.80. The van der Waals surface area contributed by atoms with Gasteiger partial charge in [0, 0.05) is 12.1 Å². The smallest absolute Gasteiger partial charge is 0.416 e. The molecule has 0 radical (unpaired) electrons. The topological polar surface area (TPSA) is 64.6 Å². The molecule has 0 amide bonds. The Hall–Kier alpha value is -1.84. The number of rotatable bonds is 5. The Morgan fingerprint density at radius 1 is 0.962 bits per heavy atom. The second-order valence-corrected chi connectivity index (χ2v) is 7.40. The fraction of sp³-hybridized carbons (Fsp3) is 0.200. The van der Waals surface area contributed by atoms with E-state index in [0.29, 0.717) is 12.1 Å². The van der Waals surface area contributed by atoms with E-state index in [9.17, 15) is 21.6 Å². The van der Waals surface area contributed by atoms with Gasteiger partial charge in [0.1, 0.15) is 4.90 Å². The standard InChI is InChI=1S/C15H12Cl2F3NO4S/c1-24-12-6-10(17)11(7-13(12)25-2)21-26(22,23)14-5-8(15(18,19)20)3-4-9(14)16/h3-7,21H,1-2H3. The molecule has 0 saturated carbocycles. The van der Waals surface area contributed by atoms with Crippen LogP contribution in [0.2, 0.25) is 10.0 Å². The lowest BCUT2D eigenvalue weighted by molar-refractivity contribution is -0.137. The number of hydrogen-bond donors (Lipinski definition) is 1. The van der Waals surface area contributed by atoms with Gasteiger partial charge < -0.3 is 9.47 Å². The molecule has 142 valence electrons. The van der Waals surface area contributed by atoms with E-state index in [-0.39, 0.29) is 27.2 Å².